The Morgan fingerprint density at radius 1 is 1.27 bits per heavy atom. The van der Waals surface area contributed by atoms with E-state index in [-0.39, 0.29) is 36.8 Å². The molecule has 0 bridgehead atoms. The van der Waals surface area contributed by atoms with Gasteiger partial charge in [-0.25, -0.2) is 22.6 Å². The molecule has 5 N–H and O–H groups in total. The van der Waals surface area contributed by atoms with Crippen LogP contribution < -0.4 is 11.7 Å². The lowest BCUT2D eigenvalue weighted by atomic mass is 9.79. The van der Waals surface area contributed by atoms with Gasteiger partial charge in [0.25, 0.3) is 5.56 Å². The van der Waals surface area contributed by atoms with Crippen LogP contribution in [0.2, 0.25) is 0 Å². The predicted molar refractivity (Wildman–Crippen MR) is 131 cm³/mol. The first kappa shape index (κ1) is 25.5. The van der Waals surface area contributed by atoms with Gasteiger partial charge in [0.05, 0.1) is 39.1 Å². The number of hydrogen-bond donors (Lipinski definition) is 2. The molecule has 196 valence electrons. The third kappa shape index (κ3) is 3.46. The topological polar surface area (TPSA) is 175 Å². The summed E-state index contributed by atoms with van der Waals surface area (Å²) in [6.45, 7) is 3.05. The average molecular weight is 532 g/mol. The van der Waals surface area contributed by atoms with Crippen LogP contribution in [0.3, 0.4) is 0 Å². The Balaban J connectivity index is 0.00000280. The zero-order valence-corrected chi connectivity index (χ0v) is 21.4. The zero-order chi connectivity index (χ0) is 25.7. The molecule has 2 atom stereocenters. The van der Waals surface area contributed by atoms with Gasteiger partial charge in [0.2, 0.25) is 0 Å². The molecule has 4 heterocycles. The van der Waals surface area contributed by atoms with Gasteiger partial charge in [-0.05, 0) is 54.9 Å². The number of rotatable bonds is 3. The molecule has 0 saturated heterocycles. The second-order valence-electron chi connectivity index (χ2n) is 9.77. The van der Waals surface area contributed by atoms with Crippen molar-refractivity contribution >= 4 is 27.0 Å². The number of ether oxygens (including phenoxy) is 1. The zero-order valence-electron chi connectivity index (χ0n) is 20.6. The van der Waals surface area contributed by atoms with Crippen molar-refractivity contribution in [3.63, 3.8) is 0 Å². The molecule has 1 aliphatic carbocycles. The van der Waals surface area contributed by atoms with Crippen molar-refractivity contribution in [2.24, 2.45) is 0 Å². The largest absolute Gasteiger partial charge is 0.748 e. The maximum atomic E-state index is 14.8. The van der Waals surface area contributed by atoms with Gasteiger partial charge in [0.1, 0.15) is 12.4 Å². The lowest BCUT2D eigenvalue weighted by Crippen LogP contribution is -2.44. The molecule has 10 nitrogen and oxygen atoms in total. The fourth-order valence-corrected chi connectivity index (χ4v) is 6.89. The number of fused-ring (bicyclic) bond motifs is 5. The molecule has 0 fully saturated rings. The number of quaternary nitrogens is 1. The molecule has 0 radical (unpaired) electrons. The van der Waals surface area contributed by atoms with Crippen LogP contribution >= 0.6 is 0 Å². The van der Waals surface area contributed by atoms with E-state index in [1.165, 1.54) is 10.6 Å². The van der Waals surface area contributed by atoms with Crippen LogP contribution in [-0.2, 0) is 44.8 Å². The molecule has 1 aromatic carbocycles. The Morgan fingerprint density at radius 2 is 2.00 bits per heavy atom. The predicted octanol–water partition coefficient (Wildman–Crippen LogP) is 2.48. The molecule has 0 spiro atoms. The summed E-state index contributed by atoms with van der Waals surface area (Å²) in [5, 5.41) is 11.7. The maximum Gasteiger partial charge on any atom is 0.343 e. The number of nitrogens with zero attached hydrogens (tertiary/aromatic N) is 2. The van der Waals surface area contributed by atoms with E-state index in [0.717, 1.165) is 5.56 Å². The van der Waals surface area contributed by atoms with E-state index >= 15 is 0 Å². The number of halogens is 1. The highest BCUT2D eigenvalue weighted by Crippen LogP contribution is 2.46. The van der Waals surface area contributed by atoms with Gasteiger partial charge in [0.15, 0.2) is 5.60 Å². The Hall–Kier alpha value is -3.19. The van der Waals surface area contributed by atoms with Crippen LogP contribution in [0.25, 0.3) is 22.3 Å². The molecule has 0 saturated carbocycles. The van der Waals surface area contributed by atoms with Gasteiger partial charge in [-0.1, -0.05) is 6.92 Å². The summed E-state index contributed by atoms with van der Waals surface area (Å²) in [6, 6.07) is 2.83. The van der Waals surface area contributed by atoms with Crippen molar-refractivity contribution in [1.29, 1.82) is 0 Å². The summed E-state index contributed by atoms with van der Waals surface area (Å²) in [7, 11) is -4.57. The number of pyridine rings is 2. The van der Waals surface area contributed by atoms with Crippen molar-refractivity contribution in [2.45, 2.75) is 57.8 Å². The highest BCUT2D eigenvalue weighted by atomic mass is 32.2. The molecule has 3 aliphatic rings. The summed E-state index contributed by atoms with van der Waals surface area (Å²) in [6.07, 6.45) is 0.726. The SMILES string of the molecule is CC[C@@]1(O)C(=O)OCc2c1cc1n(c2=O)Cc2c-1nc1cc(F)c(C)c3c1c2[C@@H](CS(=O)(=O)[O-])CC3.[NH4+]. The number of cyclic esters (lactones) is 1. The van der Waals surface area contributed by atoms with Crippen molar-refractivity contribution in [3.05, 3.63) is 61.7 Å². The number of hydrogen-bond acceptors (Lipinski definition) is 8. The molecular formula is C25H26FN3O7S. The summed E-state index contributed by atoms with van der Waals surface area (Å²) in [5.41, 5.74) is 1.20. The normalized spacial score (nSPS) is 21.6. The quantitative estimate of drug-likeness (QED) is 0.299. The van der Waals surface area contributed by atoms with Crippen LogP contribution in [0.4, 0.5) is 4.39 Å². The third-order valence-electron chi connectivity index (χ3n) is 7.90. The molecule has 2 aliphatic heterocycles. The summed E-state index contributed by atoms with van der Waals surface area (Å²) in [4.78, 5) is 30.6. The molecular weight excluding hydrogens is 505 g/mol. The van der Waals surface area contributed by atoms with Crippen LogP contribution in [0, 0.1) is 12.7 Å². The Labute approximate surface area is 211 Å². The molecule has 2 aromatic heterocycles. The van der Waals surface area contributed by atoms with Crippen molar-refractivity contribution in [2.75, 3.05) is 5.75 Å². The van der Waals surface area contributed by atoms with Gasteiger partial charge in [-0.3, -0.25) is 4.79 Å². The van der Waals surface area contributed by atoms with Gasteiger partial charge in [-0.15, -0.1) is 0 Å². The fraction of sp³-hybridized carbons (Fsp3) is 0.400. The number of carbonyl (C=O) groups is 1. The average Bonchev–Trinajstić information content (AvgIpc) is 3.18. The highest BCUT2D eigenvalue weighted by Gasteiger charge is 2.46. The van der Waals surface area contributed by atoms with E-state index < -0.39 is 44.7 Å². The number of carbonyl (C=O) groups excluding carboxylic acids is 1. The monoisotopic (exact) mass is 531 g/mol. The second-order valence-corrected chi connectivity index (χ2v) is 11.2. The number of aryl methyl sites for hydroxylation is 1. The van der Waals surface area contributed by atoms with E-state index in [1.54, 1.807) is 19.9 Å². The lowest BCUT2D eigenvalue weighted by Gasteiger charge is -2.31. The molecule has 37 heavy (non-hydrogen) atoms. The molecule has 0 amide bonds. The molecule has 3 aromatic rings. The van der Waals surface area contributed by atoms with Crippen molar-refractivity contribution in [1.82, 2.24) is 15.7 Å². The van der Waals surface area contributed by atoms with E-state index in [1.807, 2.05) is 0 Å². The first-order valence-corrected chi connectivity index (χ1v) is 13.3. The molecule has 6 rings (SSSR count). The Morgan fingerprint density at radius 3 is 2.68 bits per heavy atom. The fourth-order valence-electron chi connectivity index (χ4n) is 6.06. The number of aromatic nitrogens is 2. The molecule has 0 unspecified atom stereocenters. The van der Waals surface area contributed by atoms with E-state index in [4.69, 9.17) is 9.72 Å². The van der Waals surface area contributed by atoms with E-state index in [2.05, 4.69) is 0 Å². The summed E-state index contributed by atoms with van der Waals surface area (Å²) < 4.78 is 56.7. The Bertz CT molecular complexity index is 1700. The smallest absolute Gasteiger partial charge is 0.343 e. The number of benzene rings is 1. The number of esters is 1. The van der Waals surface area contributed by atoms with E-state index in [0.29, 0.717) is 51.8 Å². The first-order chi connectivity index (χ1) is 16.9. The standard InChI is InChI=1S/C25H23FN2O7S.H3N/c1-3-25(31)16-6-19-22-14(8-28(19)23(29)15(16)9-35-24(25)30)20-12(10-36(32,33)34)4-5-13-11(2)17(26)7-18(27-22)21(13)20;/h6-7,12,31H,3-5,8-10H2,1-2H3,(H,32,33,34);1H3/t12-,25+;/m1./s1. The van der Waals surface area contributed by atoms with Gasteiger partial charge < -0.3 is 25.1 Å². The van der Waals surface area contributed by atoms with Crippen LogP contribution in [0.5, 0.6) is 0 Å². The molecule has 12 heteroatoms. The minimum atomic E-state index is -4.57. The third-order valence-corrected chi connectivity index (χ3v) is 8.71. The minimum absolute atomic E-state index is 0. The van der Waals surface area contributed by atoms with Gasteiger partial charge in [0, 0.05) is 28.3 Å². The number of aliphatic hydroxyl groups is 1. The minimum Gasteiger partial charge on any atom is -0.748 e. The van der Waals surface area contributed by atoms with Crippen molar-refractivity contribution in [3.8, 4) is 11.4 Å². The summed E-state index contributed by atoms with van der Waals surface area (Å²) in [5.74, 6) is -2.55. The Kier molecular flexibility index (Phi) is 5.61. The van der Waals surface area contributed by atoms with Gasteiger partial charge in [-0.2, -0.15) is 0 Å². The van der Waals surface area contributed by atoms with Crippen molar-refractivity contribution < 1.29 is 32.0 Å². The maximum absolute atomic E-state index is 14.8. The van der Waals surface area contributed by atoms with Crippen LogP contribution in [0.1, 0.15) is 59.1 Å². The van der Waals surface area contributed by atoms with Crippen LogP contribution in [-0.4, -0.2) is 39.4 Å². The van der Waals surface area contributed by atoms with Crippen LogP contribution in [0.15, 0.2) is 16.9 Å². The summed E-state index contributed by atoms with van der Waals surface area (Å²) >= 11 is 0. The lowest BCUT2D eigenvalue weighted by molar-refractivity contribution is -0.172. The first-order valence-electron chi connectivity index (χ1n) is 11.7. The van der Waals surface area contributed by atoms with E-state index in [9.17, 15) is 32.1 Å². The second kappa shape index (κ2) is 8.15. The highest BCUT2D eigenvalue weighted by molar-refractivity contribution is 7.85. The van der Waals surface area contributed by atoms with Gasteiger partial charge >= 0.3 is 5.97 Å².